The lowest BCUT2D eigenvalue weighted by Crippen LogP contribution is -2.45. The monoisotopic (exact) mass is 449 g/mol. The number of aliphatic imine (C=N–C) groups is 1. The van der Waals surface area contributed by atoms with E-state index >= 15 is 0 Å². The van der Waals surface area contributed by atoms with E-state index in [4.69, 9.17) is 9.73 Å². The van der Waals surface area contributed by atoms with Gasteiger partial charge >= 0.3 is 0 Å². The predicted octanol–water partition coefficient (Wildman–Crippen LogP) is 5.66. The van der Waals surface area contributed by atoms with Gasteiger partial charge in [0.05, 0.1) is 23.7 Å². The van der Waals surface area contributed by atoms with Gasteiger partial charge in [0.2, 0.25) is 0 Å². The molecule has 0 N–H and O–H groups in total. The molecule has 5 nitrogen and oxygen atoms in total. The van der Waals surface area contributed by atoms with Crippen molar-refractivity contribution in [1.82, 2.24) is 4.90 Å². The molecular formula is C26H31N3O2S. The minimum atomic E-state index is -0.0225. The standard InChI is InChI=1S/C26H31N3O2S/c1-18-17-26(2,3)28(4)22-12-11-19(15-21(18)22)16-23-24(30)29(13-14-31-5)25(32-23)27-20-9-7-6-8-10-20/h6-12,15-16,18H,13-14,17H2,1-5H3/b23-16-,27-25?/t18-/m0/s1. The molecule has 32 heavy (non-hydrogen) atoms. The predicted molar refractivity (Wildman–Crippen MR) is 135 cm³/mol. The molecule has 0 aromatic heterocycles. The van der Waals surface area contributed by atoms with Crippen LogP contribution in [0.5, 0.6) is 0 Å². The molecule has 4 rings (SSSR count). The lowest BCUT2D eigenvalue weighted by molar-refractivity contribution is -0.122. The zero-order valence-electron chi connectivity index (χ0n) is 19.5. The van der Waals surface area contributed by atoms with E-state index in [0.717, 1.165) is 17.7 Å². The van der Waals surface area contributed by atoms with Crippen molar-refractivity contribution in [2.45, 2.75) is 38.6 Å². The normalized spacial score (nSPS) is 22.7. The molecule has 0 spiro atoms. The Labute approximate surface area is 195 Å². The van der Waals surface area contributed by atoms with Gasteiger partial charge in [0.25, 0.3) is 5.91 Å². The number of ether oxygens (including phenoxy) is 1. The number of hydrogen-bond donors (Lipinski definition) is 0. The summed E-state index contributed by atoms with van der Waals surface area (Å²) in [5, 5.41) is 0.692. The van der Waals surface area contributed by atoms with Gasteiger partial charge in [0, 0.05) is 25.4 Å². The summed E-state index contributed by atoms with van der Waals surface area (Å²) in [5.41, 5.74) is 4.63. The zero-order chi connectivity index (χ0) is 22.9. The van der Waals surface area contributed by atoms with Crippen molar-refractivity contribution in [3.63, 3.8) is 0 Å². The largest absolute Gasteiger partial charge is 0.383 e. The maximum atomic E-state index is 13.2. The highest BCUT2D eigenvalue weighted by Gasteiger charge is 2.35. The lowest BCUT2D eigenvalue weighted by atomic mass is 9.80. The van der Waals surface area contributed by atoms with Crippen molar-refractivity contribution in [2.24, 2.45) is 4.99 Å². The average molecular weight is 450 g/mol. The Morgan fingerprint density at radius 1 is 1.22 bits per heavy atom. The van der Waals surface area contributed by atoms with Gasteiger partial charge in [-0.3, -0.25) is 9.69 Å². The molecule has 2 aliphatic heterocycles. The third-order valence-electron chi connectivity index (χ3n) is 6.34. The van der Waals surface area contributed by atoms with Crippen LogP contribution in [0.15, 0.2) is 58.4 Å². The number of para-hydroxylation sites is 1. The van der Waals surface area contributed by atoms with Crippen LogP contribution in [0.25, 0.3) is 6.08 Å². The highest BCUT2D eigenvalue weighted by Crippen LogP contribution is 2.43. The average Bonchev–Trinajstić information content (AvgIpc) is 3.05. The number of carbonyl (C=O) groups is 1. The van der Waals surface area contributed by atoms with Crippen LogP contribution in [-0.4, -0.2) is 48.8 Å². The number of amides is 1. The molecule has 0 aliphatic carbocycles. The van der Waals surface area contributed by atoms with Crippen molar-refractivity contribution < 1.29 is 9.53 Å². The van der Waals surface area contributed by atoms with E-state index in [-0.39, 0.29) is 11.4 Å². The molecule has 0 bridgehead atoms. The van der Waals surface area contributed by atoms with E-state index in [0.29, 0.717) is 29.1 Å². The van der Waals surface area contributed by atoms with E-state index in [1.807, 2.05) is 36.4 Å². The van der Waals surface area contributed by atoms with Crippen LogP contribution in [-0.2, 0) is 9.53 Å². The van der Waals surface area contributed by atoms with Gasteiger partial charge in [-0.05, 0) is 79.4 Å². The van der Waals surface area contributed by atoms with Crippen molar-refractivity contribution in [1.29, 1.82) is 0 Å². The molecule has 1 amide bonds. The summed E-state index contributed by atoms with van der Waals surface area (Å²) in [6.45, 7) is 7.81. The Morgan fingerprint density at radius 3 is 2.69 bits per heavy atom. The van der Waals surface area contributed by atoms with E-state index in [1.54, 1.807) is 12.0 Å². The van der Waals surface area contributed by atoms with Crippen molar-refractivity contribution in [2.75, 3.05) is 32.2 Å². The number of anilines is 1. The number of fused-ring (bicyclic) bond motifs is 1. The van der Waals surface area contributed by atoms with Gasteiger partial charge in [0.15, 0.2) is 5.17 Å². The van der Waals surface area contributed by atoms with Crippen LogP contribution in [0.3, 0.4) is 0 Å². The molecule has 6 heteroatoms. The van der Waals surface area contributed by atoms with Gasteiger partial charge < -0.3 is 9.64 Å². The fraction of sp³-hybridized carbons (Fsp3) is 0.385. The summed E-state index contributed by atoms with van der Waals surface area (Å²) in [5.74, 6) is 0.445. The third-order valence-corrected chi connectivity index (χ3v) is 7.35. The maximum absolute atomic E-state index is 13.2. The van der Waals surface area contributed by atoms with E-state index in [9.17, 15) is 4.79 Å². The van der Waals surface area contributed by atoms with Crippen LogP contribution in [0, 0.1) is 0 Å². The van der Waals surface area contributed by atoms with Crippen LogP contribution in [0.4, 0.5) is 11.4 Å². The summed E-state index contributed by atoms with van der Waals surface area (Å²) in [4.78, 5) is 22.7. The number of amidine groups is 1. The maximum Gasteiger partial charge on any atom is 0.266 e. The number of carbonyl (C=O) groups excluding carboxylic acids is 1. The number of nitrogens with zero attached hydrogens (tertiary/aromatic N) is 3. The summed E-state index contributed by atoms with van der Waals surface area (Å²) in [6, 6.07) is 16.3. The molecule has 2 aromatic carbocycles. The van der Waals surface area contributed by atoms with Crippen LogP contribution < -0.4 is 4.90 Å². The van der Waals surface area contributed by atoms with E-state index in [2.05, 4.69) is 50.9 Å². The van der Waals surface area contributed by atoms with Crippen molar-refractivity contribution >= 4 is 40.3 Å². The molecular weight excluding hydrogens is 418 g/mol. The molecule has 2 aliphatic rings. The Kier molecular flexibility index (Phi) is 6.45. The fourth-order valence-electron chi connectivity index (χ4n) is 4.42. The number of thioether (sulfide) groups is 1. The van der Waals surface area contributed by atoms with Gasteiger partial charge in [-0.15, -0.1) is 0 Å². The first-order chi connectivity index (χ1) is 15.3. The summed E-state index contributed by atoms with van der Waals surface area (Å²) in [7, 11) is 3.81. The minimum Gasteiger partial charge on any atom is -0.383 e. The molecule has 1 atom stereocenters. The quantitative estimate of drug-likeness (QED) is 0.553. The fourth-order valence-corrected chi connectivity index (χ4v) is 5.45. The Bertz CT molecular complexity index is 1060. The van der Waals surface area contributed by atoms with Gasteiger partial charge in [0.1, 0.15) is 0 Å². The molecule has 0 radical (unpaired) electrons. The number of methoxy groups -OCH3 is 1. The van der Waals surface area contributed by atoms with Gasteiger partial charge in [-0.1, -0.05) is 31.2 Å². The first-order valence-electron chi connectivity index (χ1n) is 11.0. The second-order valence-electron chi connectivity index (χ2n) is 9.09. The summed E-state index contributed by atoms with van der Waals surface area (Å²) >= 11 is 1.43. The molecule has 1 fully saturated rings. The third kappa shape index (κ3) is 4.48. The molecule has 0 saturated carbocycles. The van der Waals surface area contributed by atoms with E-state index < -0.39 is 0 Å². The highest BCUT2D eigenvalue weighted by atomic mass is 32.2. The minimum absolute atomic E-state index is 0.0225. The number of hydrogen-bond acceptors (Lipinski definition) is 5. The lowest BCUT2D eigenvalue weighted by Gasteiger charge is -2.45. The van der Waals surface area contributed by atoms with E-state index in [1.165, 1.54) is 23.0 Å². The SMILES string of the molecule is COCCN1C(=O)/C(=C/c2ccc3c(c2)[C@@H](C)CC(C)(C)N3C)SC1=Nc1ccccc1. The number of rotatable bonds is 5. The molecule has 2 heterocycles. The summed E-state index contributed by atoms with van der Waals surface area (Å²) in [6.07, 6.45) is 3.09. The van der Waals surface area contributed by atoms with Crippen molar-refractivity contribution in [3.8, 4) is 0 Å². The van der Waals surface area contributed by atoms with Gasteiger partial charge in [-0.25, -0.2) is 4.99 Å². The van der Waals surface area contributed by atoms with Crippen LogP contribution in [0.2, 0.25) is 0 Å². The van der Waals surface area contributed by atoms with Gasteiger partial charge in [-0.2, -0.15) is 0 Å². The van der Waals surface area contributed by atoms with Crippen LogP contribution in [0.1, 0.15) is 44.2 Å². The Morgan fingerprint density at radius 2 is 1.97 bits per heavy atom. The molecule has 168 valence electrons. The molecule has 2 aromatic rings. The zero-order valence-corrected chi connectivity index (χ0v) is 20.3. The highest BCUT2D eigenvalue weighted by molar-refractivity contribution is 8.18. The first-order valence-corrected chi connectivity index (χ1v) is 11.8. The topological polar surface area (TPSA) is 45.1 Å². The van der Waals surface area contributed by atoms with Crippen molar-refractivity contribution in [3.05, 3.63) is 64.6 Å². The smallest absolute Gasteiger partial charge is 0.266 e. The number of benzene rings is 2. The second kappa shape index (κ2) is 9.12. The summed E-state index contributed by atoms with van der Waals surface area (Å²) < 4.78 is 5.22. The second-order valence-corrected chi connectivity index (χ2v) is 10.1. The first kappa shape index (κ1) is 22.6. The Balaban J connectivity index is 1.66. The molecule has 1 saturated heterocycles. The van der Waals surface area contributed by atoms with Crippen LogP contribution >= 0.6 is 11.8 Å². The Hall–Kier alpha value is -2.57. The molecule has 0 unspecified atom stereocenters.